The Labute approximate surface area is 129 Å². The third kappa shape index (κ3) is 6.06. The SMILES string of the molecule is CCCNC(CO)CCOc1cc(C)ccc1C(C)(C)C. The van der Waals surface area contributed by atoms with Crippen LogP contribution in [0.1, 0.15) is 51.7 Å². The van der Waals surface area contributed by atoms with Gasteiger partial charge in [-0.3, -0.25) is 0 Å². The molecule has 120 valence electrons. The fourth-order valence-corrected chi connectivity index (χ4v) is 2.29. The molecule has 0 bridgehead atoms. The van der Waals surface area contributed by atoms with Gasteiger partial charge in [-0.1, -0.05) is 39.8 Å². The molecule has 0 aliphatic heterocycles. The van der Waals surface area contributed by atoms with E-state index in [4.69, 9.17) is 4.74 Å². The molecule has 3 nitrogen and oxygen atoms in total. The Morgan fingerprint density at radius 1 is 1.29 bits per heavy atom. The van der Waals surface area contributed by atoms with Crippen molar-refractivity contribution in [3.8, 4) is 5.75 Å². The smallest absolute Gasteiger partial charge is 0.123 e. The monoisotopic (exact) mass is 293 g/mol. The van der Waals surface area contributed by atoms with Crippen LogP contribution in [0.4, 0.5) is 0 Å². The zero-order valence-electron chi connectivity index (χ0n) is 14.2. The fourth-order valence-electron chi connectivity index (χ4n) is 2.29. The van der Waals surface area contributed by atoms with Crippen LogP contribution < -0.4 is 10.1 Å². The van der Waals surface area contributed by atoms with E-state index in [1.807, 2.05) is 0 Å². The summed E-state index contributed by atoms with van der Waals surface area (Å²) in [5.74, 6) is 0.967. The highest BCUT2D eigenvalue weighted by Crippen LogP contribution is 2.32. The molecule has 0 spiro atoms. The first-order valence-corrected chi connectivity index (χ1v) is 7.96. The van der Waals surface area contributed by atoms with Crippen molar-refractivity contribution in [1.29, 1.82) is 0 Å². The maximum Gasteiger partial charge on any atom is 0.123 e. The number of hydrogen-bond acceptors (Lipinski definition) is 3. The number of nitrogens with one attached hydrogen (secondary N) is 1. The Balaban J connectivity index is 2.64. The van der Waals surface area contributed by atoms with E-state index >= 15 is 0 Å². The molecule has 1 atom stereocenters. The van der Waals surface area contributed by atoms with Gasteiger partial charge in [0.15, 0.2) is 0 Å². The Morgan fingerprint density at radius 3 is 2.57 bits per heavy atom. The third-order valence-electron chi connectivity index (χ3n) is 3.57. The third-order valence-corrected chi connectivity index (χ3v) is 3.57. The maximum absolute atomic E-state index is 9.36. The minimum Gasteiger partial charge on any atom is -0.493 e. The van der Waals surface area contributed by atoms with Crippen LogP contribution >= 0.6 is 0 Å². The van der Waals surface area contributed by atoms with Crippen LogP contribution in [0.25, 0.3) is 0 Å². The summed E-state index contributed by atoms with van der Waals surface area (Å²) in [6.07, 6.45) is 1.89. The lowest BCUT2D eigenvalue weighted by Gasteiger charge is -2.24. The van der Waals surface area contributed by atoms with Gasteiger partial charge in [-0.05, 0) is 48.9 Å². The number of rotatable bonds is 8. The summed E-state index contributed by atoms with van der Waals surface area (Å²) in [7, 11) is 0. The second-order valence-corrected chi connectivity index (χ2v) is 6.72. The highest BCUT2D eigenvalue weighted by molar-refractivity contribution is 5.41. The van der Waals surface area contributed by atoms with E-state index in [1.54, 1.807) is 0 Å². The molecule has 3 heteroatoms. The quantitative estimate of drug-likeness (QED) is 0.771. The van der Waals surface area contributed by atoms with Gasteiger partial charge in [-0.15, -0.1) is 0 Å². The van der Waals surface area contributed by atoms with E-state index in [0.717, 1.165) is 25.1 Å². The van der Waals surface area contributed by atoms with Crippen molar-refractivity contribution < 1.29 is 9.84 Å². The average Bonchev–Trinajstić information content (AvgIpc) is 2.41. The van der Waals surface area contributed by atoms with Gasteiger partial charge in [0, 0.05) is 6.04 Å². The van der Waals surface area contributed by atoms with Gasteiger partial charge in [-0.2, -0.15) is 0 Å². The normalized spacial score (nSPS) is 13.2. The van der Waals surface area contributed by atoms with Gasteiger partial charge >= 0.3 is 0 Å². The van der Waals surface area contributed by atoms with Gasteiger partial charge < -0.3 is 15.2 Å². The highest BCUT2D eigenvalue weighted by atomic mass is 16.5. The van der Waals surface area contributed by atoms with Crippen LogP contribution in [0.15, 0.2) is 18.2 Å². The van der Waals surface area contributed by atoms with Crippen molar-refractivity contribution in [3.63, 3.8) is 0 Å². The van der Waals surface area contributed by atoms with E-state index in [2.05, 4.69) is 58.1 Å². The van der Waals surface area contributed by atoms with Gasteiger partial charge in [0.05, 0.1) is 13.2 Å². The van der Waals surface area contributed by atoms with E-state index in [0.29, 0.717) is 6.61 Å². The van der Waals surface area contributed by atoms with Crippen molar-refractivity contribution in [2.24, 2.45) is 0 Å². The van der Waals surface area contributed by atoms with Crippen LogP contribution in [0.5, 0.6) is 5.75 Å². The molecule has 0 fully saturated rings. The average molecular weight is 293 g/mol. The minimum atomic E-state index is 0.0693. The Hall–Kier alpha value is -1.06. The summed E-state index contributed by atoms with van der Waals surface area (Å²) >= 11 is 0. The molecule has 1 aromatic rings. The number of aryl methyl sites for hydroxylation is 1. The molecule has 0 saturated heterocycles. The summed E-state index contributed by atoms with van der Waals surface area (Å²) in [6, 6.07) is 6.51. The van der Waals surface area contributed by atoms with Crippen molar-refractivity contribution in [2.45, 2.75) is 58.9 Å². The van der Waals surface area contributed by atoms with Crippen LogP contribution in [0.3, 0.4) is 0 Å². The Kier molecular flexibility index (Phi) is 7.20. The molecule has 0 aromatic heterocycles. The fraction of sp³-hybridized carbons (Fsp3) is 0.667. The Morgan fingerprint density at radius 2 is 2.00 bits per heavy atom. The molecule has 1 aromatic carbocycles. The van der Waals surface area contributed by atoms with Gasteiger partial charge in [0.1, 0.15) is 5.75 Å². The number of ether oxygens (including phenoxy) is 1. The standard InChI is InChI=1S/C18H31NO2/c1-6-10-19-15(13-20)9-11-21-17-12-14(2)7-8-16(17)18(3,4)5/h7-8,12,15,19-20H,6,9-11,13H2,1-5H3. The predicted octanol–water partition coefficient (Wildman–Crippen LogP) is 3.42. The molecule has 0 aliphatic carbocycles. The summed E-state index contributed by atoms with van der Waals surface area (Å²) in [6.45, 7) is 12.5. The molecule has 0 aliphatic rings. The molecule has 0 saturated carbocycles. The van der Waals surface area contributed by atoms with E-state index in [-0.39, 0.29) is 18.1 Å². The van der Waals surface area contributed by atoms with Gasteiger partial charge in [-0.25, -0.2) is 0 Å². The molecule has 1 unspecified atom stereocenters. The topological polar surface area (TPSA) is 41.5 Å². The first-order valence-electron chi connectivity index (χ1n) is 7.96. The van der Waals surface area contributed by atoms with E-state index < -0.39 is 0 Å². The predicted molar refractivity (Wildman–Crippen MR) is 89.2 cm³/mol. The molecule has 0 heterocycles. The van der Waals surface area contributed by atoms with Gasteiger partial charge in [0.2, 0.25) is 0 Å². The van der Waals surface area contributed by atoms with E-state index in [1.165, 1.54) is 11.1 Å². The van der Waals surface area contributed by atoms with Crippen LogP contribution in [0.2, 0.25) is 0 Å². The lowest BCUT2D eigenvalue weighted by Crippen LogP contribution is -2.34. The van der Waals surface area contributed by atoms with Crippen LogP contribution in [-0.4, -0.2) is 30.9 Å². The number of aliphatic hydroxyl groups excluding tert-OH is 1. The zero-order chi connectivity index (χ0) is 15.9. The second-order valence-electron chi connectivity index (χ2n) is 6.72. The first kappa shape index (κ1) is 18.0. The molecule has 1 rings (SSSR count). The first-order chi connectivity index (χ1) is 9.88. The molecule has 21 heavy (non-hydrogen) atoms. The summed E-state index contributed by atoms with van der Waals surface area (Å²) in [4.78, 5) is 0. The highest BCUT2D eigenvalue weighted by Gasteiger charge is 2.19. The maximum atomic E-state index is 9.36. The largest absolute Gasteiger partial charge is 0.493 e. The number of benzene rings is 1. The molecular formula is C18H31NO2. The second kappa shape index (κ2) is 8.40. The lowest BCUT2D eigenvalue weighted by atomic mass is 9.86. The molecule has 0 radical (unpaired) electrons. The minimum absolute atomic E-state index is 0.0693. The van der Waals surface area contributed by atoms with Gasteiger partial charge in [0.25, 0.3) is 0 Å². The summed E-state index contributed by atoms with van der Waals surface area (Å²) in [5.41, 5.74) is 2.51. The summed E-state index contributed by atoms with van der Waals surface area (Å²) in [5, 5.41) is 12.7. The van der Waals surface area contributed by atoms with Crippen molar-refractivity contribution in [3.05, 3.63) is 29.3 Å². The molecule has 0 amide bonds. The number of aliphatic hydroxyl groups is 1. The zero-order valence-corrected chi connectivity index (χ0v) is 14.2. The summed E-state index contributed by atoms with van der Waals surface area (Å²) < 4.78 is 6.01. The van der Waals surface area contributed by atoms with Crippen LogP contribution in [0, 0.1) is 6.92 Å². The molecular weight excluding hydrogens is 262 g/mol. The van der Waals surface area contributed by atoms with E-state index in [9.17, 15) is 5.11 Å². The van der Waals surface area contributed by atoms with Crippen LogP contribution in [-0.2, 0) is 5.41 Å². The van der Waals surface area contributed by atoms with Crippen molar-refractivity contribution >= 4 is 0 Å². The molecule has 2 N–H and O–H groups in total. The van der Waals surface area contributed by atoms with Crippen molar-refractivity contribution in [2.75, 3.05) is 19.8 Å². The Bertz CT molecular complexity index is 424. The lowest BCUT2D eigenvalue weighted by molar-refractivity contribution is 0.207. The number of hydrogen-bond donors (Lipinski definition) is 2. The van der Waals surface area contributed by atoms with Crippen molar-refractivity contribution in [1.82, 2.24) is 5.32 Å².